The Morgan fingerprint density at radius 2 is 1.83 bits per heavy atom. The molecule has 0 radical (unpaired) electrons. The lowest BCUT2D eigenvalue weighted by Crippen LogP contribution is -2.68. The number of hydrogen-bond acceptors (Lipinski definition) is 4. The fourth-order valence-electron chi connectivity index (χ4n) is 1.81. The van der Waals surface area contributed by atoms with Crippen molar-refractivity contribution < 1.29 is 32.2 Å². The number of alkyl halides is 4. The van der Waals surface area contributed by atoms with Gasteiger partial charge in [-0.2, -0.15) is 13.2 Å². The third-order valence-electron chi connectivity index (χ3n) is 3.06. The van der Waals surface area contributed by atoms with Crippen LogP contribution in [0.2, 0.25) is 0 Å². The highest BCUT2D eigenvalue weighted by Crippen LogP contribution is 2.37. The van der Waals surface area contributed by atoms with Gasteiger partial charge in [0.05, 0.1) is 12.5 Å². The molecule has 1 N–H and O–H groups in total. The number of carbonyl (C=O) groups is 2. The highest BCUT2D eigenvalue weighted by molar-refractivity contribution is 6.23. The number of esters is 1. The highest BCUT2D eigenvalue weighted by Gasteiger charge is 2.66. The standard InChI is InChI=1S/C14H15ClF3NO4/c1-9(15)13(11(20)22-2,14(16,17)18)19-12(21)23-8-10-6-4-3-5-7-10/h3-7,9H,8H2,1-2H3,(H,19,21)/t9-,13+/m0/s1. The normalized spacial score (nSPS) is 15.2. The van der Waals surface area contributed by atoms with Gasteiger partial charge in [-0.25, -0.2) is 9.59 Å². The van der Waals surface area contributed by atoms with E-state index in [1.165, 1.54) is 5.32 Å². The van der Waals surface area contributed by atoms with E-state index in [1.54, 1.807) is 30.3 Å². The second kappa shape index (κ2) is 7.54. The van der Waals surface area contributed by atoms with E-state index in [0.717, 1.165) is 14.0 Å². The molecule has 0 aromatic heterocycles. The second-order valence-electron chi connectivity index (χ2n) is 4.60. The number of methoxy groups -OCH3 is 1. The van der Waals surface area contributed by atoms with Crippen LogP contribution in [-0.2, 0) is 20.9 Å². The fourth-order valence-corrected chi connectivity index (χ4v) is 2.07. The van der Waals surface area contributed by atoms with Crippen molar-refractivity contribution in [2.45, 2.75) is 30.6 Å². The maximum absolute atomic E-state index is 13.3. The van der Waals surface area contributed by atoms with Crippen LogP contribution in [0.25, 0.3) is 0 Å². The van der Waals surface area contributed by atoms with E-state index in [2.05, 4.69) is 4.74 Å². The number of ether oxygens (including phenoxy) is 2. The minimum absolute atomic E-state index is 0.265. The molecule has 0 bridgehead atoms. The summed E-state index contributed by atoms with van der Waals surface area (Å²) in [6.45, 7) is 0.655. The molecule has 0 aliphatic carbocycles. The van der Waals surface area contributed by atoms with Crippen LogP contribution < -0.4 is 5.32 Å². The van der Waals surface area contributed by atoms with Gasteiger partial charge >= 0.3 is 18.2 Å². The number of carbonyl (C=O) groups excluding carboxylic acids is 2. The third-order valence-corrected chi connectivity index (χ3v) is 3.39. The summed E-state index contributed by atoms with van der Waals surface area (Å²) >= 11 is 5.53. The van der Waals surface area contributed by atoms with Gasteiger partial charge in [-0.15, -0.1) is 11.6 Å². The number of nitrogens with one attached hydrogen (secondary N) is 1. The number of rotatable bonds is 5. The Morgan fingerprint density at radius 3 is 2.26 bits per heavy atom. The molecule has 0 saturated carbocycles. The van der Waals surface area contributed by atoms with Gasteiger partial charge in [-0.3, -0.25) is 5.32 Å². The van der Waals surface area contributed by atoms with Crippen LogP contribution in [0.15, 0.2) is 30.3 Å². The number of benzene rings is 1. The molecule has 0 aliphatic heterocycles. The third kappa shape index (κ3) is 4.28. The van der Waals surface area contributed by atoms with Crippen molar-refractivity contribution in [1.29, 1.82) is 0 Å². The van der Waals surface area contributed by atoms with E-state index in [9.17, 15) is 22.8 Å². The molecule has 0 fully saturated rings. The van der Waals surface area contributed by atoms with Crippen molar-refractivity contribution in [3.05, 3.63) is 35.9 Å². The SMILES string of the molecule is COC(=O)[C@](NC(=O)OCc1ccccc1)([C@H](C)Cl)C(F)(F)F. The second-order valence-corrected chi connectivity index (χ2v) is 5.25. The van der Waals surface area contributed by atoms with Gasteiger partial charge in [0.25, 0.3) is 5.54 Å². The first kappa shape index (κ1) is 19.1. The Morgan fingerprint density at radius 1 is 1.26 bits per heavy atom. The molecule has 0 saturated heterocycles. The zero-order valence-corrected chi connectivity index (χ0v) is 13.1. The molecule has 0 aliphatic rings. The predicted octanol–water partition coefficient (Wildman–Crippen LogP) is 3.01. The molecule has 1 rings (SSSR count). The first-order valence-corrected chi connectivity index (χ1v) is 6.87. The van der Waals surface area contributed by atoms with Crippen molar-refractivity contribution in [3.63, 3.8) is 0 Å². The molecule has 0 heterocycles. The molecular formula is C14H15ClF3NO4. The maximum Gasteiger partial charge on any atom is 0.424 e. The Labute approximate surface area is 135 Å². The number of hydrogen-bond donors (Lipinski definition) is 1. The lowest BCUT2D eigenvalue weighted by molar-refractivity contribution is -0.210. The minimum Gasteiger partial charge on any atom is -0.467 e. The average Bonchev–Trinajstić information content (AvgIpc) is 2.49. The first-order chi connectivity index (χ1) is 10.6. The van der Waals surface area contributed by atoms with Gasteiger partial charge < -0.3 is 9.47 Å². The zero-order chi connectivity index (χ0) is 17.7. The summed E-state index contributed by atoms with van der Waals surface area (Å²) in [6.07, 6.45) is -6.61. The smallest absolute Gasteiger partial charge is 0.424 e. The summed E-state index contributed by atoms with van der Waals surface area (Å²) in [4.78, 5) is 23.3. The van der Waals surface area contributed by atoms with E-state index >= 15 is 0 Å². The van der Waals surface area contributed by atoms with Crippen molar-refractivity contribution in [2.24, 2.45) is 0 Å². The molecule has 1 amide bonds. The molecule has 5 nitrogen and oxygen atoms in total. The van der Waals surface area contributed by atoms with Gasteiger partial charge in [-0.1, -0.05) is 30.3 Å². The topological polar surface area (TPSA) is 64.6 Å². The summed E-state index contributed by atoms with van der Waals surface area (Å²) in [5.41, 5.74) is -2.84. The van der Waals surface area contributed by atoms with Crippen LogP contribution in [0.3, 0.4) is 0 Å². The summed E-state index contributed by atoms with van der Waals surface area (Å²) < 4.78 is 48.9. The molecule has 1 aromatic rings. The van der Waals surface area contributed by atoms with E-state index in [0.29, 0.717) is 5.56 Å². The van der Waals surface area contributed by atoms with Crippen LogP contribution >= 0.6 is 11.6 Å². The van der Waals surface area contributed by atoms with E-state index in [-0.39, 0.29) is 6.61 Å². The van der Waals surface area contributed by atoms with Gasteiger partial charge in [0, 0.05) is 0 Å². The largest absolute Gasteiger partial charge is 0.467 e. The molecule has 23 heavy (non-hydrogen) atoms. The Bertz CT molecular complexity index is 551. The molecule has 0 spiro atoms. The van der Waals surface area contributed by atoms with Crippen LogP contribution in [-0.4, -0.2) is 36.3 Å². The van der Waals surface area contributed by atoms with Crippen molar-refractivity contribution in [2.75, 3.05) is 7.11 Å². The van der Waals surface area contributed by atoms with E-state index in [4.69, 9.17) is 16.3 Å². The van der Waals surface area contributed by atoms with Crippen LogP contribution in [0.4, 0.5) is 18.0 Å². The maximum atomic E-state index is 13.3. The molecule has 2 atom stereocenters. The molecule has 0 unspecified atom stereocenters. The monoisotopic (exact) mass is 353 g/mol. The van der Waals surface area contributed by atoms with Crippen LogP contribution in [0, 0.1) is 0 Å². The van der Waals surface area contributed by atoms with Crippen molar-refractivity contribution in [3.8, 4) is 0 Å². The van der Waals surface area contributed by atoms with Gasteiger partial charge in [0.15, 0.2) is 0 Å². The van der Waals surface area contributed by atoms with Gasteiger partial charge in [-0.05, 0) is 12.5 Å². The number of alkyl carbamates (subject to hydrolysis) is 1. The molecule has 128 valence electrons. The Hall–Kier alpha value is -1.96. The summed E-state index contributed by atoms with van der Waals surface area (Å²) in [6, 6.07) is 8.31. The van der Waals surface area contributed by atoms with Crippen LogP contribution in [0.1, 0.15) is 12.5 Å². The minimum atomic E-state index is -5.17. The Balaban J connectivity index is 2.92. The lowest BCUT2D eigenvalue weighted by atomic mass is 9.95. The van der Waals surface area contributed by atoms with Crippen molar-refractivity contribution in [1.82, 2.24) is 5.32 Å². The first-order valence-electron chi connectivity index (χ1n) is 6.43. The Kier molecular flexibility index (Phi) is 6.26. The van der Waals surface area contributed by atoms with Crippen molar-refractivity contribution >= 4 is 23.7 Å². The number of amides is 1. The molecular weight excluding hydrogens is 339 g/mol. The van der Waals surface area contributed by atoms with E-state index in [1.807, 2.05) is 0 Å². The lowest BCUT2D eigenvalue weighted by Gasteiger charge is -2.35. The average molecular weight is 354 g/mol. The van der Waals surface area contributed by atoms with Gasteiger partial charge in [0.2, 0.25) is 0 Å². The quantitative estimate of drug-likeness (QED) is 0.653. The number of halogens is 4. The molecule has 1 aromatic carbocycles. The summed E-state index contributed by atoms with van der Waals surface area (Å²) in [5, 5.41) is -0.322. The summed E-state index contributed by atoms with van der Waals surface area (Å²) in [7, 11) is 0.763. The fraction of sp³-hybridized carbons (Fsp3) is 0.429. The summed E-state index contributed by atoms with van der Waals surface area (Å²) in [5.74, 6) is -1.73. The highest BCUT2D eigenvalue weighted by atomic mass is 35.5. The van der Waals surface area contributed by atoms with Crippen LogP contribution in [0.5, 0.6) is 0 Å². The van der Waals surface area contributed by atoms with Gasteiger partial charge in [0.1, 0.15) is 6.61 Å². The van der Waals surface area contributed by atoms with E-state index < -0.39 is 29.2 Å². The predicted molar refractivity (Wildman–Crippen MR) is 75.9 cm³/mol. The molecule has 9 heteroatoms. The zero-order valence-electron chi connectivity index (χ0n) is 12.3.